The average molecular weight is 216 g/mol. The van der Waals surface area contributed by atoms with Crippen LogP contribution < -0.4 is 0 Å². The van der Waals surface area contributed by atoms with Crippen molar-refractivity contribution in [2.45, 2.75) is 11.8 Å². The van der Waals surface area contributed by atoms with Crippen molar-refractivity contribution < 1.29 is 0 Å². The summed E-state index contributed by atoms with van der Waals surface area (Å²) >= 11 is 6.42. The Morgan fingerprint density at radius 3 is 2.80 bits per heavy atom. The Bertz CT molecular complexity index is 462. The van der Waals surface area contributed by atoms with Crippen molar-refractivity contribution in [3.8, 4) is 0 Å². The lowest BCUT2D eigenvalue weighted by atomic mass is 9.89. The van der Waals surface area contributed by atoms with Gasteiger partial charge in [0.25, 0.3) is 0 Å². The van der Waals surface area contributed by atoms with Crippen LogP contribution in [0.5, 0.6) is 0 Å². The summed E-state index contributed by atoms with van der Waals surface area (Å²) < 4.78 is 0. The molecule has 0 bridgehead atoms. The van der Waals surface area contributed by atoms with Gasteiger partial charge in [-0.15, -0.1) is 11.6 Å². The van der Waals surface area contributed by atoms with Crippen molar-refractivity contribution in [3.63, 3.8) is 0 Å². The highest BCUT2D eigenvalue weighted by Crippen LogP contribution is 2.37. The van der Waals surface area contributed by atoms with Gasteiger partial charge in [-0.2, -0.15) is 0 Å². The summed E-state index contributed by atoms with van der Waals surface area (Å²) in [6.45, 7) is 0. The van der Waals surface area contributed by atoms with Crippen LogP contribution in [0, 0.1) is 0 Å². The van der Waals surface area contributed by atoms with Gasteiger partial charge in [0.05, 0.1) is 5.69 Å². The molecule has 0 N–H and O–H groups in total. The molecule has 74 valence electrons. The van der Waals surface area contributed by atoms with Gasteiger partial charge in [0.2, 0.25) is 0 Å². The highest BCUT2D eigenvalue weighted by molar-refractivity contribution is 6.22. The maximum atomic E-state index is 6.42. The first-order chi connectivity index (χ1) is 7.36. The zero-order valence-corrected chi connectivity index (χ0v) is 8.91. The third-order valence-corrected chi connectivity index (χ3v) is 3.32. The molecule has 2 heteroatoms. The van der Waals surface area contributed by atoms with Gasteiger partial charge >= 0.3 is 0 Å². The molecular weight excluding hydrogens is 206 g/mol. The lowest BCUT2D eigenvalue weighted by Crippen LogP contribution is -2.11. The third kappa shape index (κ3) is 1.35. The molecule has 0 aliphatic heterocycles. The number of alkyl halides is 1. The highest BCUT2D eigenvalue weighted by atomic mass is 35.5. The number of aromatic nitrogens is 1. The number of hydrogen-bond donors (Lipinski definition) is 0. The molecule has 0 saturated carbocycles. The number of halogens is 1. The Balaban J connectivity index is 2.20. The Labute approximate surface area is 93.7 Å². The fourth-order valence-corrected chi connectivity index (χ4v) is 2.53. The second-order valence-corrected chi connectivity index (χ2v) is 4.22. The van der Waals surface area contributed by atoms with Crippen LogP contribution in [0.25, 0.3) is 0 Å². The maximum Gasteiger partial charge on any atom is 0.101 e. The summed E-state index contributed by atoms with van der Waals surface area (Å²) in [5.74, 6) is 0. The van der Waals surface area contributed by atoms with Gasteiger partial charge in [-0.1, -0.05) is 30.3 Å². The minimum Gasteiger partial charge on any atom is -0.259 e. The van der Waals surface area contributed by atoms with E-state index in [9.17, 15) is 0 Å². The molecule has 1 heterocycles. The molecule has 0 fully saturated rings. The van der Waals surface area contributed by atoms with E-state index in [4.69, 9.17) is 11.6 Å². The molecule has 0 radical (unpaired) electrons. The van der Waals surface area contributed by atoms with E-state index in [0.717, 1.165) is 12.1 Å². The molecule has 1 aromatic heterocycles. The molecule has 1 nitrogen and oxygen atoms in total. The van der Waals surface area contributed by atoms with E-state index in [1.54, 1.807) is 0 Å². The maximum absolute atomic E-state index is 6.42. The quantitative estimate of drug-likeness (QED) is 0.615. The van der Waals surface area contributed by atoms with Gasteiger partial charge in [0.15, 0.2) is 0 Å². The van der Waals surface area contributed by atoms with Gasteiger partial charge < -0.3 is 0 Å². The highest BCUT2D eigenvalue weighted by Gasteiger charge is 2.23. The van der Waals surface area contributed by atoms with Crippen LogP contribution in [0.15, 0.2) is 42.6 Å². The van der Waals surface area contributed by atoms with Crippen molar-refractivity contribution in [1.82, 2.24) is 4.98 Å². The summed E-state index contributed by atoms with van der Waals surface area (Å²) in [7, 11) is 0. The van der Waals surface area contributed by atoms with Gasteiger partial charge in [0.1, 0.15) is 5.38 Å². The predicted octanol–water partition coefficient (Wildman–Crippen LogP) is 3.31. The predicted molar refractivity (Wildman–Crippen MR) is 61.2 cm³/mol. The first-order valence-electron chi connectivity index (χ1n) is 5.02. The fraction of sp³-hybridized carbons (Fsp3) is 0.154. The number of benzene rings is 1. The Morgan fingerprint density at radius 1 is 1.07 bits per heavy atom. The summed E-state index contributed by atoms with van der Waals surface area (Å²) in [6, 6.07) is 12.4. The largest absolute Gasteiger partial charge is 0.259 e. The van der Waals surface area contributed by atoms with Gasteiger partial charge in [0, 0.05) is 6.20 Å². The Morgan fingerprint density at radius 2 is 1.87 bits per heavy atom. The van der Waals surface area contributed by atoms with E-state index in [2.05, 4.69) is 29.2 Å². The SMILES string of the molecule is Cl[C@@H]1c2ccccc2Cc2cccnc21. The zero-order chi connectivity index (χ0) is 10.3. The molecular formula is C13H10ClN. The molecule has 15 heavy (non-hydrogen) atoms. The standard InChI is InChI=1S/C13H10ClN/c14-12-11-6-2-1-4-9(11)8-10-5-3-7-15-13(10)12/h1-7,12H,8H2/t12-/m1/s1. The molecule has 0 saturated heterocycles. The summed E-state index contributed by atoms with van der Waals surface area (Å²) in [5, 5.41) is -0.0915. The van der Waals surface area contributed by atoms with Gasteiger partial charge in [-0.25, -0.2) is 0 Å². The number of fused-ring (bicyclic) bond motifs is 2. The van der Waals surface area contributed by atoms with Gasteiger partial charge in [-0.3, -0.25) is 4.98 Å². The van der Waals surface area contributed by atoms with Crippen LogP contribution in [-0.4, -0.2) is 4.98 Å². The second-order valence-electron chi connectivity index (χ2n) is 3.79. The molecule has 1 aliphatic carbocycles. The number of hydrogen-bond acceptors (Lipinski definition) is 1. The van der Waals surface area contributed by atoms with E-state index < -0.39 is 0 Å². The molecule has 1 aromatic carbocycles. The van der Waals surface area contributed by atoms with E-state index >= 15 is 0 Å². The molecule has 0 unspecified atom stereocenters. The first kappa shape index (κ1) is 8.93. The van der Waals surface area contributed by atoms with E-state index in [0.29, 0.717) is 0 Å². The first-order valence-corrected chi connectivity index (χ1v) is 5.45. The van der Waals surface area contributed by atoms with Crippen LogP contribution in [0.2, 0.25) is 0 Å². The lowest BCUT2D eigenvalue weighted by Gasteiger charge is -2.22. The van der Waals surface area contributed by atoms with Crippen LogP contribution in [0.1, 0.15) is 27.8 Å². The minimum atomic E-state index is -0.0915. The lowest BCUT2D eigenvalue weighted by molar-refractivity contribution is 0.918. The van der Waals surface area contributed by atoms with Crippen LogP contribution in [0.4, 0.5) is 0 Å². The summed E-state index contributed by atoms with van der Waals surface area (Å²) in [5.41, 5.74) is 4.78. The monoisotopic (exact) mass is 215 g/mol. The Hall–Kier alpha value is -1.34. The van der Waals surface area contributed by atoms with Crippen LogP contribution in [-0.2, 0) is 6.42 Å². The summed E-state index contributed by atoms with van der Waals surface area (Å²) in [6.07, 6.45) is 2.75. The number of nitrogens with zero attached hydrogens (tertiary/aromatic N) is 1. The van der Waals surface area contributed by atoms with E-state index in [-0.39, 0.29) is 5.38 Å². The molecule has 0 amide bonds. The third-order valence-electron chi connectivity index (χ3n) is 2.88. The van der Waals surface area contributed by atoms with Crippen molar-refractivity contribution in [2.24, 2.45) is 0 Å². The second kappa shape index (κ2) is 3.35. The smallest absolute Gasteiger partial charge is 0.101 e. The summed E-state index contributed by atoms with van der Waals surface area (Å²) in [4.78, 5) is 4.37. The van der Waals surface area contributed by atoms with E-state index in [1.807, 2.05) is 18.3 Å². The molecule has 1 atom stereocenters. The van der Waals surface area contributed by atoms with Crippen molar-refractivity contribution in [1.29, 1.82) is 0 Å². The average Bonchev–Trinajstić information content (AvgIpc) is 2.30. The number of rotatable bonds is 0. The molecule has 2 aromatic rings. The van der Waals surface area contributed by atoms with Crippen molar-refractivity contribution in [2.75, 3.05) is 0 Å². The van der Waals surface area contributed by atoms with Crippen LogP contribution in [0.3, 0.4) is 0 Å². The normalized spacial score (nSPS) is 18.1. The molecule has 0 spiro atoms. The minimum absolute atomic E-state index is 0.0915. The molecule has 3 rings (SSSR count). The van der Waals surface area contributed by atoms with Crippen molar-refractivity contribution in [3.05, 3.63) is 65.0 Å². The Kier molecular flexibility index (Phi) is 2.00. The zero-order valence-electron chi connectivity index (χ0n) is 8.15. The fourth-order valence-electron chi connectivity index (χ4n) is 2.12. The molecule has 1 aliphatic rings. The van der Waals surface area contributed by atoms with E-state index in [1.165, 1.54) is 16.7 Å². The topological polar surface area (TPSA) is 12.9 Å². The van der Waals surface area contributed by atoms with Crippen molar-refractivity contribution >= 4 is 11.6 Å². The van der Waals surface area contributed by atoms with Crippen LogP contribution >= 0.6 is 11.6 Å². The van der Waals surface area contributed by atoms with Gasteiger partial charge in [-0.05, 0) is 29.2 Å². The number of pyridine rings is 1.